The van der Waals surface area contributed by atoms with Gasteiger partial charge in [0, 0.05) is 40.1 Å². The molecule has 0 unspecified atom stereocenters. The smallest absolute Gasteiger partial charge is 0.333 e. The van der Waals surface area contributed by atoms with Crippen LogP contribution in [0.3, 0.4) is 0 Å². The summed E-state index contributed by atoms with van der Waals surface area (Å²) in [6.45, 7) is 1.79. The molecule has 0 aliphatic heterocycles. The second kappa shape index (κ2) is 42.4. The number of hydrogen-bond donors (Lipinski definition) is 8. The van der Waals surface area contributed by atoms with Crippen molar-refractivity contribution in [2.75, 3.05) is 101 Å². The maximum atomic E-state index is 12.3. The highest BCUT2D eigenvalue weighted by atomic mass is 32.1. The highest BCUT2D eigenvalue weighted by molar-refractivity contribution is 7.81. The van der Waals surface area contributed by atoms with Crippen molar-refractivity contribution in [2.24, 2.45) is 10.8 Å². The summed E-state index contributed by atoms with van der Waals surface area (Å²) in [5.74, 6) is -2.83. The van der Waals surface area contributed by atoms with Gasteiger partial charge < -0.3 is 53.4 Å². The second-order valence-electron chi connectivity index (χ2n) is 12.0. The van der Waals surface area contributed by atoms with Crippen LogP contribution < -0.4 is 0 Å². The van der Waals surface area contributed by atoms with E-state index in [1.165, 1.54) is 0 Å². The molecule has 0 aliphatic rings. The number of aliphatic hydroxyl groups is 1. The van der Waals surface area contributed by atoms with Crippen molar-refractivity contribution in [2.45, 2.75) is 45.4 Å². The van der Waals surface area contributed by atoms with E-state index >= 15 is 0 Å². The molecule has 60 heavy (non-hydrogen) atoms. The molecule has 0 fully saturated rings. The lowest BCUT2D eigenvalue weighted by atomic mass is 9.90. The SMILES string of the molecule is C=C(C)C(=O)OCCO.O.O=C(CCS)OCC(COCC(COC(=O)CCS)(COC(=O)CCS)COC(=O)CCS)(COC(=O)CCS)COC(=O)CCS.O=PO. The van der Waals surface area contributed by atoms with Crippen molar-refractivity contribution in [1.29, 1.82) is 0 Å². The van der Waals surface area contributed by atoms with E-state index in [2.05, 4.69) is 87.1 Å². The molecule has 0 atom stereocenters. The minimum Gasteiger partial charge on any atom is -0.465 e. The molecule has 0 radical (unpaired) electrons. The van der Waals surface area contributed by atoms with Gasteiger partial charge in [0.1, 0.15) is 46.2 Å². The number of carbonyl (C=O) groups is 7. The quantitative estimate of drug-likeness (QED) is 0.0161. The number of ether oxygens (including phenoxy) is 8. The summed E-state index contributed by atoms with van der Waals surface area (Å²) >= 11 is 24.2. The average molecular weight is 995 g/mol. The van der Waals surface area contributed by atoms with Gasteiger partial charge in [-0.05, 0) is 6.92 Å². The summed E-state index contributed by atoms with van der Waals surface area (Å²) in [6.07, 6.45) is -0.113. The van der Waals surface area contributed by atoms with Crippen molar-refractivity contribution in [3.63, 3.8) is 0 Å². The van der Waals surface area contributed by atoms with Crippen LogP contribution in [0, 0.1) is 10.8 Å². The molecular formula is C34H59O19PS6. The van der Waals surface area contributed by atoms with Crippen LogP contribution in [-0.2, 0) is 76.0 Å². The van der Waals surface area contributed by atoms with E-state index < -0.39 is 61.3 Å². The van der Waals surface area contributed by atoms with Gasteiger partial charge in [-0.2, -0.15) is 75.8 Å². The maximum absolute atomic E-state index is 12.3. The number of thiol groups is 6. The van der Waals surface area contributed by atoms with Gasteiger partial charge in [-0.1, -0.05) is 6.58 Å². The van der Waals surface area contributed by atoms with Gasteiger partial charge >= 0.3 is 50.5 Å². The van der Waals surface area contributed by atoms with Crippen LogP contribution in [0.2, 0.25) is 0 Å². The molecule has 0 amide bonds. The number of carbonyl (C=O) groups excluding carboxylic acids is 7. The van der Waals surface area contributed by atoms with E-state index in [-0.39, 0.29) is 145 Å². The van der Waals surface area contributed by atoms with E-state index in [4.69, 9.17) is 47.7 Å². The monoisotopic (exact) mass is 994 g/mol. The van der Waals surface area contributed by atoms with Crippen molar-refractivity contribution in [3.05, 3.63) is 12.2 Å². The molecule has 0 aromatic rings. The Morgan fingerprint density at radius 3 is 0.883 bits per heavy atom. The Morgan fingerprint density at radius 1 is 0.500 bits per heavy atom. The number of rotatable bonds is 31. The van der Waals surface area contributed by atoms with E-state index in [1.54, 1.807) is 6.92 Å². The standard InChI is InChI=1S/C28H46O13S6.C6H10O3.HO2P.H2O/c29-21(1-7-42)36-15-27(16-37-22(30)2-8-43,17-38-23(31)3-9-44)13-35-14-28(18-39-24(32)4-10-45,19-40-25(33)5-11-46)20-41-26(34)6-12-47;1-5(2)6(8)9-4-3-7;1-3-2;/h42-47H,1-20H2;7H,1,3-4H2,2H3;(H,1,2);1H2. The van der Waals surface area contributed by atoms with Crippen LogP contribution in [0.5, 0.6) is 0 Å². The summed E-state index contributed by atoms with van der Waals surface area (Å²) in [7, 11) is -0.833. The predicted octanol–water partition coefficient (Wildman–Crippen LogP) is 1.61. The Balaban J connectivity index is -0.00000104. The van der Waals surface area contributed by atoms with Crippen molar-refractivity contribution >= 4 is 126 Å². The fourth-order valence-electron chi connectivity index (χ4n) is 3.63. The third-order valence-corrected chi connectivity index (χ3v) is 7.96. The molecule has 0 rings (SSSR count). The zero-order valence-corrected chi connectivity index (χ0v) is 39.6. The molecule has 0 spiro atoms. The summed E-state index contributed by atoms with van der Waals surface area (Å²) in [6, 6.07) is 0. The minimum atomic E-state index is -1.41. The average Bonchev–Trinajstić information content (AvgIpc) is 3.19. The Hall–Kier alpha value is -1.93. The van der Waals surface area contributed by atoms with E-state index in [0.29, 0.717) is 5.57 Å². The largest absolute Gasteiger partial charge is 0.465 e. The topological polar surface area (TPSA) is 282 Å². The Morgan fingerprint density at radius 2 is 0.717 bits per heavy atom. The first-order chi connectivity index (χ1) is 28.0. The molecule has 350 valence electrons. The Bertz CT molecular complexity index is 1080. The lowest BCUT2D eigenvalue weighted by Gasteiger charge is -2.35. The van der Waals surface area contributed by atoms with Crippen molar-refractivity contribution < 1.29 is 91.5 Å². The third kappa shape index (κ3) is 36.7. The molecule has 0 heterocycles. The second-order valence-corrected chi connectivity index (χ2v) is 14.9. The minimum absolute atomic E-state index is 0. The molecule has 0 aromatic carbocycles. The van der Waals surface area contributed by atoms with Crippen LogP contribution >= 0.6 is 84.5 Å². The van der Waals surface area contributed by atoms with Gasteiger partial charge in [0.15, 0.2) is 0 Å². The zero-order chi connectivity index (χ0) is 45.5. The number of hydrogen-bond acceptors (Lipinski definition) is 23. The maximum Gasteiger partial charge on any atom is 0.333 e. The van der Waals surface area contributed by atoms with Gasteiger partial charge in [0.25, 0.3) is 0 Å². The first-order valence-corrected chi connectivity index (χ1v) is 22.2. The summed E-state index contributed by atoms with van der Waals surface area (Å²) in [4.78, 5) is 91.3. The van der Waals surface area contributed by atoms with Gasteiger partial charge in [0.05, 0.1) is 69.2 Å². The van der Waals surface area contributed by atoms with Crippen LogP contribution in [0.15, 0.2) is 12.2 Å². The number of esters is 7. The summed E-state index contributed by atoms with van der Waals surface area (Å²) in [5.41, 5.74) is -2.47. The summed E-state index contributed by atoms with van der Waals surface area (Å²) in [5, 5.41) is 8.19. The van der Waals surface area contributed by atoms with E-state index in [9.17, 15) is 33.6 Å². The molecule has 19 nitrogen and oxygen atoms in total. The molecule has 0 saturated carbocycles. The highest BCUT2D eigenvalue weighted by Gasteiger charge is 2.41. The predicted molar refractivity (Wildman–Crippen MR) is 239 cm³/mol. The van der Waals surface area contributed by atoms with E-state index in [1.807, 2.05) is 0 Å². The molecule has 0 aromatic heterocycles. The van der Waals surface area contributed by atoms with Crippen LogP contribution in [0.1, 0.15) is 45.4 Å². The first-order valence-electron chi connectivity index (χ1n) is 17.6. The highest BCUT2D eigenvalue weighted by Crippen LogP contribution is 2.27. The zero-order valence-electron chi connectivity index (χ0n) is 33.3. The molecule has 0 saturated heterocycles. The van der Waals surface area contributed by atoms with Crippen LogP contribution in [0.25, 0.3) is 0 Å². The molecule has 4 N–H and O–H groups in total. The molecule has 0 aliphatic carbocycles. The van der Waals surface area contributed by atoms with Crippen LogP contribution in [-0.4, -0.2) is 158 Å². The Kier molecular flexibility index (Phi) is 45.7. The number of aliphatic hydroxyl groups excluding tert-OH is 1. The van der Waals surface area contributed by atoms with Gasteiger partial charge in [-0.15, -0.1) is 0 Å². The first kappa shape index (κ1) is 64.7. The third-order valence-electron chi connectivity index (χ3n) is 6.62. The molecule has 26 heteroatoms. The Labute approximate surface area is 384 Å². The van der Waals surface area contributed by atoms with Gasteiger partial charge in [0.2, 0.25) is 0 Å². The molecular weight excluding hydrogens is 936 g/mol. The molecule has 0 bridgehead atoms. The normalized spacial score (nSPS) is 10.6. The van der Waals surface area contributed by atoms with Gasteiger partial charge in [-0.3, -0.25) is 28.8 Å². The van der Waals surface area contributed by atoms with Crippen molar-refractivity contribution in [3.8, 4) is 0 Å². The van der Waals surface area contributed by atoms with Crippen molar-refractivity contribution in [1.82, 2.24) is 0 Å². The lowest BCUT2D eigenvalue weighted by Crippen LogP contribution is -2.47. The fraction of sp³-hybridized carbons (Fsp3) is 0.735. The van der Waals surface area contributed by atoms with Crippen LogP contribution in [0.4, 0.5) is 0 Å². The van der Waals surface area contributed by atoms with Gasteiger partial charge in [-0.25, -0.2) is 9.36 Å². The fourth-order valence-corrected chi connectivity index (χ4v) is 4.72. The van der Waals surface area contributed by atoms with E-state index in [0.717, 1.165) is 0 Å². The lowest BCUT2D eigenvalue weighted by molar-refractivity contribution is -0.174. The summed E-state index contributed by atoms with van der Waals surface area (Å²) < 4.78 is 51.5.